The van der Waals surface area contributed by atoms with Crippen LogP contribution in [0.25, 0.3) is 0 Å². The molecule has 3 saturated carbocycles. The zero-order valence-corrected chi connectivity index (χ0v) is 25.5. The van der Waals surface area contributed by atoms with E-state index in [1.165, 1.54) is 69.9 Å². The third-order valence-electron chi connectivity index (χ3n) is 12.6. The molecule has 3 aliphatic carbocycles. The van der Waals surface area contributed by atoms with Crippen molar-refractivity contribution < 1.29 is 13.2 Å². The van der Waals surface area contributed by atoms with Gasteiger partial charge in [-0.3, -0.25) is 4.99 Å². The Morgan fingerprint density at radius 1 is 1.05 bits per heavy atom. The van der Waals surface area contributed by atoms with Crippen molar-refractivity contribution in [3.63, 3.8) is 0 Å². The highest BCUT2D eigenvalue weighted by Gasteiger charge is 2.64. The third-order valence-corrected chi connectivity index (χ3v) is 13.1. The van der Waals surface area contributed by atoms with E-state index in [1.807, 2.05) is 0 Å². The number of likely N-dealkylation sites (N-methyl/N-ethyl adjacent to an activating group) is 1. The fourth-order valence-electron chi connectivity index (χ4n) is 11.0. The fourth-order valence-corrected chi connectivity index (χ4v) is 11.4. The smallest absolute Gasteiger partial charge is 0.249 e. The third kappa shape index (κ3) is 4.36. The monoisotopic (exact) mass is 545 g/mol. The average molecular weight is 546 g/mol. The summed E-state index contributed by atoms with van der Waals surface area (Å²) in [6.07, 6.45) is 16.2. The zero-order chi connectivity index (χ0) is 27.1. The summed E-state index contributed by atoms with van der Waals surface area (Å²) >= 11 is 0. The fraction of sp³-hybridized carbons (Fsp3) is 0.935. The summed E-state index contributed by atoms with van der Waals surface area (Å²) in [7, 11) is -0.987. The zero-order valence-electron chi connectivity index (χ0n) is 24.7. The van der Waals surface area contributed by atoms with Crippen molar-refractivity contribution in [2.24, 2.45) is 50.3 Å². The molecule has 38 heavy (non-hydrogen) atoms. The summed E-state index contributed by atoms with van der Waals surface area (Å²) in [5.41, 5.74) is 1.68. The Kier molecular flexibility index (Phi) is 6.75. The van der Waals surface area contributed by atoms with Crippen LogP contribution in [0.15, 0.2) is 9.39 Å². The second kappa shape index (κ2) is 9.37. The predicted octanol–water partition coefficient (Wildman–Crippen LogP) is 5.76. The van der Waals surface area contributed by atoms with E-state index in [2.05, 4.69) is 44.0 Å². The number of likely N-dealkylation sites (tertiary alicyclic amines) is 1. The predicted molar refractivity (Wildman–Crippen MR) is 154 cm³/mol. The SMILES string of the molecule is CC1=NC23CC[C@@H]4CC(/C=N/S(C)(=O)=O)CC[C@]4(C)[C@H]2CC[C@H]3CCC2(C1)OC1C[C@H](C)CN(C)C1[C@H]2C. The number of hydrogen-bond donors (Lipinski definition) is 0. The lowest BCUT2D eigenvalue weighted by Gasteiger charge is -2.58. The van der Waals surface area contributed by atoms with E-state index in [1.54, 1.807) is 6.21 Å². The van der Waals surface area contributed by atoms with Gasteiger partial charge in [0.25, 0.3) is 0 Å². The summed E-state index contributed by atoms with van der Waals surface area (Å²) in [4.78, 5) is 8.39. The highest BCUT2D eigenvalue weighted by Crippen LogP contribution is 2.66. The summed E-state index contributed by atoms with van der Waals surface area (Å²) in [5, 5.41) is 0. The van der Waals surface area contributed by atoms with Gasteiger partial charge in [-0.1, -0.05) is 20.8 Å². The number of hydrogen-bond acceptors (Lipinski definition) is 5. The van der Waals surface area contributed by atoms with Gasteiger partial charge in [0.05, 0.1) is 23.5 Å². The van der Waals surface area contributed by atoms with Crippen LogP contribution in [0.5, 0.6) is 0 Å². The number of nitrogens with zero attached hydrogens (tertiary/aromatic N) is 3. The molecule has 214 valence electrons. The molecule has 2 saturated heterocycles. The lowest BCUT2D eigenvalue weighted by Crippen LogP contribution is -2.56. The van der Waals surface area contributed by atoms with Gasteiger partial charge in [0.2, 0.25) is 10.0 Å². The molecule has 3 heterocycles. The van der Waals surface area contributed by atoms with E-state index < -0.39 is 10.0 Å². The number of sulfonamides is 1. The highest BCUT2D eigenvalue weighted by atomic mass is 32.2. The molecule has 0 N–H and O–H groups in total. The second-order valence-corrected chi connectivity index (χ2v) is 16.6. The first-order valence-electron chi connectivity index (χ1n) is 15.5. The van der Waals surface area contributed by atoms with Crippen molar-refractivity contribution in [1.82, 2.24) is 4.90 Å². The molecule has 0 radical (unpaired) electrons. The Morgan fingerprint density at radius 3 is 2.58 bits per heavy atom. The van der Waals surface area contributed by atoms with Gasteiger partial charge in [-0.2, -0.15) is 4.40 Å². The first-order chi connectivity index (χ1) is 17.9. The first kappa shape index (κ1) is 27.4. The van der Waals surface area contributed by atoms with E-state index in [4.69, 9.17) is 9.73 Å². The average Bonchev–Trinajstić information content (AvgIpc) is 3.30. The molecule has 0 amide bonds. The van der Waals surface area contributed by atoms with Crippen LogP contribution >= 0.6 is 0 Å². The molecular formula is C31H51N3O3S. The number of fused-ring (bicyclic) bond motifs is 3. The van der Waals surface area contributed by atoms with Crippen molar-refractivity contribution in [2.75, 3.05) is 19.8 Å². The molecule has 0 aromatic rings. The van der Waals surface area contributed by atoms with E-state index >= 15 is 0 Å². The number of aliphatic imine (C=N–C) groups is 1. The van der Waals surface area contributed by atoms with Crippen molar-refractivity contribution in [2.45, 2.75) is 122 Å². The van der Waals surface area contributed by atoms with Gasteiger partial charge in [-0.05, 0) is 113 Å². The molecule has 0 aromatic carbocycles. The van der Waals surface area contributed by atoms with E-state index in [-0.39, 0.29) is 11.1 Å². The standard InChI is InChI=1S/C31H51N3O3S/c1-20-15-26-28(34(5)19-20)22(3)30(37-26)13-10-24-7-8-27-29(4)12-9-23(18-32-38(6,35)36)16-25(29)11-14-31(24,27)33-21(2)17-30/h18,20,22-28H,7-17,19H2,1-6H3/b32-18+,33-21?/t20-,22+,23?,24-,25+,26?,27+,28?,29-,30?,31?/m0/s1. The number of ether oxygens (including phenoxy) is 1. The first-order valence-corrected chi connectivity index (χ1v) is 17.4. The summed E-state index contributed by atoms with van der Waals surface area (Å²) in [6.45, 7) is 10.9. The van der Waals surface area contributed by atoms with Gasteiger partial charge in [-0.15, -0.1) is 0 Å². The molecule has 6 aliphatic rings. The van der Waals surface area contributed by atoms with Crippen LogP contribution in [0.1, 0.15) is 98.3 Å². The summed E-state index contributed by atoms with van der Waals surface area (Å²) in [5.74, 6) is 3.49. The molecule has 6 nitrogen and oxygen atoms in total. The molecule has 2 spiro atoms. The van der Waals surface area contributed by atoms with E-state index in [0.29, 0.717) is 53.1 Å². The second-order valence-electron chi connectivity index (χ2n) is 14.9. The molecule has 0 aromatic heterocycles. The molecular weight excluding hydrogens is 494 g/mol. The maximum Gasteiger partial charge on any atom is 0.249 e. The Labute approximate surface area is 231 Å². The van der Waals surface area contributed by atoms with Crippen LogP contribution in [-0.4, -0.2) is 68.4 Å². The number of piperidine rings is 1. The van der Waals surface area contributed by atoms with Crippen LogP contribution < -0.4 is 0 Å². The van der Waals surface area contributed by atoms with Crippen LogP contribution in [0.2, 0.25) is 0 Å². The Hall–Kier alpha value is -0.790. The van der Waals surface area contributed by atoms with Crippen LogP contribution in [0.3, 0.4) is 0 Å². The number of rotatable bonds is 2. The van der Waals surface area contributed by atoms with Gasteiger partial charge in [-0.25, -0.2) is 8.42 Å². The van der Waals surface area contributed by atoms with Gasteiger partial charge >= 0.3 is 0 Å². The van der Waals surface area contributed by atoms with Gasteiger partial charge in [0, 0.05) is 36.9 Å². The maximum absolute atomic E-state index is 11.6. The highest BCUT2D eigenvalue weighted by molar-refractivity contribution is 7.89. The lowest BCUT2D eigenvalue weighted by molar-refractivity contribution is -0.0831. The van der Waals surface area contributed by atoms with E-state index in [9.17, 15) is 8.42 Å². The van der Waals surface area contributed by atoms with Crippen LogP contribution in [-0.2, 0) is 14.8 Å². The molecule has 11 atom stereocenters. The van der Waals surface area contributed by atoms with Gasteiger partial charge < -0.3 is 9.64 Å². The minimum absolute atomic E-state index is 0.0565. The van der Waals surface area contributed by atoms with Crippen LogP contribution in [0, 0.1) is 40.9 Å². The van der Waals surface area contributed by atoms with Gasteiger partial charge in [0.1, 0.15) is 0 Å². The van der Waals surface area contributed by atoms with E-state index in [0.717, 1.165) is 19.3 Å². The maximum atomic E-state index is 11.6. The van der Waals surface area contributed by atoms with Crippen molar-refractivity contribution in [3.8, 4) is 0 Å². The van der Waals surface area contributed by atoms with Gasteiger partial charge in [0.15, 0.2) is 0 Å². The molecule has 3 aliphatic heterocycles. The summed E-state index contributed by atoms with van der Waals surface area (Å²) < 4.78 is 34.2. The topological polar surface area (TPSA) is 71.3 Å². The molecule has 5 fully saturated rings. The summed E-state index contributed by atoms with van der Waals surface area (Å²) in [6, 6.07) is 0.541. The normalized spacial score (nSPS) is 51.6. The lowest BCUT2D eigenvalue weighted by atomic mass is 9.49. The molecule has 6 rings (SSSR count). The Bertz CT molecular complexity index is 1110. The molecule has 0 bridgehead atoms. The largest absolute Gasteiger partial charge is 0.369 e. The van der Waals surface area contributed by atoms with Crippen molar-refractivity contribution in [1.29, 1.82) is 0 Å². The van der Waals surface area contributed by atoms with Crippen molar-refractivity contribution in [3.05, 3.63) is 0 Å². The minimum Gasteiger partial charge on any atom is -0.369 e. The molecule has 7 heteroatoms. The quantitative estimate of drug-likeness (QED) is 0.414. The Morgan fingerprint density at radius 2 is 1.82 bits per heavy atom. The minimum atomic E-state index is -3.30. The molecule has 5 unspecified atom stereocenters. The Balaban J connectivity index is 1.25. The van der Waals surface area contributed by atoms with Crippen molar-refractivity contribution >= 4 is 21.9 Å². The van der Waals surface area contributed by atoms with Crippen LogP contribution in [0.4, 0.5) is 0 Å².